The van der Waals surface area contributed by atoms with Gasteiger partial charge in [-0.3, -0.25) is 4.79 Å². The number of carboxylic acids is 1. The molecule has 1 amide bonds. The van der Waals surface area contributed by atoms with Crippen molar-refractivity contribution >= 4 is 23.5 Å². The van der Waals surface area contributed by atoms with Gasteiger partial charge in [0.05, 0.1) is 16.4 Å². The number of hydrogen-bond donors (Lipinski definition) is 2. The van der Waals surface area contributed by atoms with Crippen molar-refractivity contribution in [2.75, 3.05) is 0 Å². The molecule has 1 heterocycles. The molecular weight excluding hydrogens is 327 g/mol. The molecule has 0 bridgehead atoms. The first kappa shape index (κ1) is 16.9. The zero-order chi connectivity index (χ0) is 17.1. The minimum absolute atomic E-state index is 0.00912. The average molecular weight is 341 g/mol. The third-order valence-corrected chi connectivity index (χ3v) is 3.56. The molecule has 0 spiro atoms. The summed E-state index contributed by atoms with van der Waals surface area (Å²) in [5.74, 6) is -2.34. The first-order valence-electron chi connectivity index (χ1n) is 6.76. The summed E-state index contributed by atoms with van der Waals surface area (Å²) in [5.41, 5.74) is 0.807. The van der Waals surface area contributed by atoms with Crippen LogP contribution in [0, 0.1) is 12.7 Å². The van der Waals surface area contributed by atoms with Crippen LogP contribution in [0.15, 0.2) is 18.2 Å². The van der Waals surface area contributed by atoms with Crippen LogP contribution < -0.4 is 5.32 Å². The number of hydrogen-bond acceptors (Lipinski definition) is 4. The number of carboxylic acid groups (broad SMARTS) is 1. The van der Waals surface area contributed by atoms with Crippen LogP contribution in [0.25, 0.3) is 5.69 Å². The van der Waals surface area contributed by atoms with Gasteiger partial charge in [0.15, 0.2) is 5.69 Å². The second-order valence-electron chi connectivity index (χ2n) is 4.81. The summed E-state index contributed by atoms with van der Waals surface area (Å²) in [7, 11) is 0. The lowest BCUT2D eigenvalue weighted by Crippen LogP contribution is -2.40. The molecule has 1 atom stereocenters. The molecule has 9 heteroatoms. The lowest BCUT2D eigenvalue weighted by atomic mass is 10.2. The van der Waals surface area contributed by atoms with E-state index < -0.39 is 23.7 Å². The number of carbonyl (C=O) groups is 2. The van der Waals surface area contributed by atoms with Crippen LogP contribution in [0.2, 0.25) is 5.02 Å². The molecule has 0 aliphatic carbocycles. The van der Waals surface area contributed by atoms with Gasteiger partial charge in [-0.15, -0.1) is 5.10 Å². The Balaban J connectivity index is 2.30. The van der Waals surface area contributed by atoms with E-state index in [2.05, 4.69) is 15.6 Å². The molecule has 2 aromatic rings. The van der Waals surface area contributed by atoms with Gasteiger partial charge in [-0.2, -0.15) is 0 Å². The maximum atomic E-state index is 13.2. The van der Waals surface area contributed by atoms with Gasteiger partial charge in [-0.25, -0.2) is 13.9 Å². The second-order valence-corrected chi connectivity index (χ2v) is 5.21. The van der Waals surface area contributed by atoms with Crippen molar-refractivity contribution in [2.45, 2.75) is 26.3 Å². The highest BCUT2D eigenvalue weighted by molar-refractivity contribution is 6.30. The Morgan fingerprint density at radius 1 is 1.48 bits per heavy atom. The zero-order valence-electron chi connectivity index (χ0n) is 12.4. The van der Waals surface area contributed by atoms with Crippen LogP contribution in [-0.2, 0) is 4.79 Å². The Morgan fingerprint density at radius 2 is 2.17 bits per heavy atom. The van der Waals surface area contributed by atoms with E-state index in [4.69, 9.17) is 16.7 Å². The SMILES string of the molecule is CCC(NC(=O)c1nnn(-c2ccc(F)c(Cl)c2)c1C)C(=O)O. The van der Waals surface area contributed by atoms with Gasteiger partial charge in [0, 0.05) is 0 Å². The highest BCUT2D eigenvalue weighted by Gasteiger charge is 2.23. The van der Waals surface area contributed by atoms with Gasteiger partial charge >= 0.3 is 5.97 Å². The molecular formula is C14H14ClFN4O3. The maximum absolute atomic E-state index is 13.2. The number of rotatable bonds is 5. The summed E-state index contributed by atoms with van der Waals surface area (Å²) in [6.07, 6.45) is 0.238. The van der Waals surface area contributed by atoms with Gasteiger partial charge in [0.2, 0.25) is 0 Å². The van der Waals surface area contributed by atoms with Crippen LogP contribution in [0.4, 0.5) is 4.39 Å². The first-order chi connectivity index (χ1) is 10.8. The molecule has 7 nitrogen and oxygen atoms in total. The summed E-state index contributed by atoms with van der Waals surface area (Å²) >= 11 is 5.73. The Labute approximate surface area is 136 Å². The Hall–Kier alpha value is -2.48. The smallest absolute Gasteiger partial charge is 0.326 e. The fraction of sp³-hybridized carbons (Fsp3) is 0.286. The number of amides is 1. The van der Waals surface area contributed by atoms with Gasteiger partial charge in [-0.1, -0.05) is 23.7 Å². The number of halogens is 2. The van der Waals surface area contributed by atoms with Crippen molar-refractivity contribution in [3.63, 3.8) is 0 Å². The summed E-state index contributed by atoms with van der Waals surface area (Å²) < 4.78 is 14.5. The number of carbonyl (C=O) groups excluding carboxylic acids is 1. The van der Waals surface area contributed by atoms with Crippen molar-refractivity contribution < 1.29 is 19.1 Å². The largest absolute Gasteiger partial charge is 0.480 e. The third kappa shape index (κ3) is 3.48. The fourth-order valence-electron chi connectivity index (χ4n) is 1.97. The topological polar surface area (TPSA) is 97.1 Å². The molecule has 0 aliphatic rings. The molecule has 0 saturated heterocycles. The molecule has 0 radical (unpaired) electrons. The quantitative estimate of drug-likeness (QED) is 0.867. The standard InChI is InChI=1S/C14H14ClFN4O3/c1-3-11(14(22)23)17-13(21)12-7(2)20(19-18-12)8-4-5-10(16)9(15)6-8/h4-6,11H,3H2,1-2H3,(H,17,21)(H,22,23). The van der Waals surface area contributed by atoms with E-state index in [-0.39, 0.29) is 17.1 Å². The van der Waals surface area contributed by atoms with E-state index in [1.807, 2.05) is 0 Å². The predicted octanol–water partition coefficient (Wildman–Crippen LogP) is 1.96. The molecule has 0 fully saturated rings. The van der Waals surface area contributed by atoms with Crippen molar-refractivity contribution in [3.05, 3.63) is 40.4 Å². The molecule has 1 aromatic heterocycles. The average Bonchev–Trinajstić information content (AvgIpc) is 2.89. The number of nitrogens with zero attached hydrogens (tertiary/aromatic N) is 3. The molecule has 1 aromatic carbocycles. The van der Waals surface area contributed by atoms with Gasteiger partial charge in [-0.05, 0) is 31.5 Å². The van der Waals surface area contributed by atoms with Crippen molar-refractivity contribution in [1.82, 2.24) is 20.3 Å². The van der Waals surface area contributed by atoms with E-state index in [9.17, 15) is 14.0 Å². The molecule has 0 aliphatic heterocycles. The lowest BCUT2D eigenvalue weighted by Gasteiger charge is -2.11. The molecule has 23 heavy (non-hydrogen) atoms. The Morgan fingerprint density at radius 3 is 2.74 bits per heavy atom. The summed E-state index contributed by atoms with van der Waals surface area (Å²) in [5, 5.41) is 18.9. The molecule has 122 valence electrons. The lowest BCUT2D eigenvalue weighted by molar-refractivity contribution is -0.139. The molecule has 2 rings (SSSR count). The summed E-state index contributed by atoms with van der Waals surface area (Å²) in [6, 6.07) is 2.96. The minimum atomic E-state index is -1.13. The van der Waals surface area contributed by atoms with E-state index in [1.165, 1.54) is 22.9 Å². The van der Waals surface area contributed by atoms with E-state index in [1.54, 1.807) is 13.8 Å². The van der Waals surface area contributed by atoms with Crippen LogP contribution in [0.5, 0.6) is 0 Å². The summed E-state index contributed by atoms with van der Waals surface area (Å²) in [4.78, 5) is 23.1. The normalized spacial score (nSPS) is 12.0. The third-order valence-electron chi connectivity index (χ3n) is 3.27. The number of benzene rings is 1. The first-order valence-corrected chi connectivity index (χ1v) is 7.14. The van der Waals surface area contributed by atoms with Crippen LogP contribution in [0.1, 0.15) is 29.5 Å². The predicted molar refractivity (Wildman–Crippen MR) is 80.2 cm³/mol. The van der Waals surface area contributed by atoms with E-state index in [0.717, 1.165) is 0 Å². The number of aliphatic carboxylic acids is 1. The zero-order valence-corrected chi connectivity index (χ0v) is 13.1. The van der Waals surface area contributed by atoms with Crippen molar-refractivity contribution in [2.24, 2.45) is 0 Å². The fourth-order valence-corrected chi connectivity index (χ4v) is 2.14. The van der Waals surface area contributed by atoms with Crippen molar-refractivity contribution in [1.29, 1.82) is 0 Å². The number of nitrogens with one attached hydrogen (secondary N) is 1. The molecule has 2 N–H and O–H groups in total. The number of aromatic nitrogens is 3. The highest BCUT2D eigenvalue weighted by atomic mass is 35.5. The molecule has 0 saturated carbocycles. The molecule has 1 unspecified atom stereocenters. The Bertz CT molecular complexity index is 762. The van der Waals surface area contributed by atoms with E-state index in [0.29, 0.717) is 11.4 Å². The van der Waals surface area contributed by atoms with Crippen LogP contribution in [0.3, 0.4) is 0 Å². The van der Waals surface area contributed by atoms with Crippen LogP contribution in [-0.4, -0.2) is 38.0 Å². The van der Waals surface area contributed by atoms with Crippen LogP contribution >= 0.6 is 11.6 Å². The second kappa shape index (κ2) is 6.74. The van der Waals surface area contributed by atoms with Gasteiger partial charge in [0.1, 0.15) is 11.9 Å². The van der Waals surface area contributed by atoms with Crippen molar-refractivity contribution in [3.8, 4) is 5.69 Å². The van der Waals surface area contributed by atoms with E-state index >= 15 is 0 Å². The minimum Gasteiger partial charge on any atom is -0.480 e. The summed E-state index contributed by atoms with van der Waals surface area (Å²) in [6.45, 7) is 3.23. The highest BCUT2D eigenvalue weighted by Crippen LogP contribution is 2.20. The van der Waals surface area contributed by atoms with Gasteiger partial charge in [0.25, 0.3) is 5.91 Å². The van der Waals surface area contributed by atoms with Gasteiger partial charge < -0.3 is 10.4 Å². The Kier molecular flexibility index (Phi) is 4.95. The maximum Gasteiger partial charge on any atom is 0.326 e. The monoisotopic (exact) mass is 340 g/mol.